The molecular weight excluding hydrogens is 445 g/mol. The van der Waals surface area contributed by atoms with Crippen LogP contribution in [0.1, 0.15) is 35.7 Å². The smallest absolute Gasteiger partial charge is 0.321 e. The van der Waals surface area contributed by atoms with Crippen molar-refractivity contribution in [3.63, 3.8) is 0 Å². The van der Waals surface area contributed by atoms with E-state index in [9.17, 15) is 27.6 Å². The highest BCUT2D eigenvalue weighted by atomic mass is 35.5. The second-order valence-electron chi connectivity index (χ2n) is 7.91. The van der Waals surface area contributed by atoms with Crippen molar-refractivity contribution < 1.29 is 27.6 Å². The Labute approximate surface area is 186 Å². The van der Waals surface area contributed by atoms with E-state index in [0.29, 0.717) is 12.8 Å². The average Bonchev–Trinajstić information content (AvgIpc) is 2.98. The molecule has 1 N–H and O–H groups in total. The zero-order valence-corrected chi connectivity index (χ0v) is 17.6. The molecule has 1 fully saturated rings. The highest BCUT2D eigenvalue weighted by Crippen LogP contribution is 2.40. The molecule has 2 aliphatic rings. The van der Waals surface area contributed by atoms with Gasteiger partial charge in [-0.15, -0.1) is 0 Å². The van der Waals surface area contributed by atoms with E-state index < -0.39 is 29.5 Å². The minimum Gasteiger partial charge on any atom is -0.321 e. The number of fused-ring (bicyclic) bond motifs is 1. The number of nitrogens with zero attached hydrogens (tertiary/aromatic N) is 1. The van der Waals surface area contributed by atoms with Gasteiger partial charge in [0, 0.05) is 5.56 Å². The van der Waals surface area contributed by atoms with Gasteiger partial charge in [0.2, 0.25) is 11.8 Å². The van der Waals surface area contributed by atoms with Gasteiger partial charge in [0.1, 0.15) is 0 Å². The first kappa shape index (κ1) is 22.1. The van der Waals surface area contributed by atoms with E-state index in [1.165, 1.54) is 18.2 Å². The topological polar surface area (TPSA) is 66.5 Å². The summed E-state index contributed by atoms with van der Waals surface area (Å²) < 4.78 is 38.9. The Balaban J connectivity index is 1.58. The number of hydrogen-bond donors (Lipinski definition) is 1. The number of alkyl halides is 3. The lowest BCUT2D eigenvalue weighted by Gasteiger charge is -2.18. The fourth-order valence-corrected chi connectivity index (χ4v) is 4.23. The number of anilines is 2. The second kappa shape index (κ2) is 8.09. The maximum atomic E-state index is 13.0. The molecule has 9 heteroatoms. The predicted octanol–water partition coefficient (Wildman–Crippen LogP) is 5.46. The number of carbonyl (C=O) groups excluding carboxylic acids is 3. The van der Waals surface area contributed by atoms with E-state index >= 15 is 0 Å². The first-order valence-corrected chi connectivity index (χ1v) is 10.3. The minimum atomic E-state index is -4.59. The third kappa shape index (κ3) is 4.02. The van der Waals surface area contributed by atoms with Gasteiger partial charge in [-0.25, -0.2) is 0 Å². The van der Waals surface area contributed by atoms with Crippen molar-refractivity contribution in [2.45, 2.75) is 25.9 Å². The van der Waals surface area contributed by atoms with Crippen LogP contribution in [0.4, 0.5) is 24.5 Å². The molecule has 2 aromatic rings. The van der Waals surface area contributed by atoms with Crippen LogP contribution >= 0.6 is 11.6 Å². The lowest BCUT2D eigenvalue weighted by atomic mass is 9.82. The number of hydrogen-bond acceptors (Lipinski definition) is 3. The normalized spacial score (nSPS) is 20.8. The van der Waals surface area contributed by atoms with Gasteiger partial charge in [-0.1, -0.05) is 29.3 Å². The summed E-state index contributed by atoms with van der Waals surface area (Å²) in [5, 5.41) is 2.31. The molecule has 0 saturated carbocycles. The van der Waals surface area contributed by atoms with E-state index in [1.807, 2.05) is 13.0 Å². The summed E-state index contributed by atoms with van der Waals surface area (Å²) in [7, 11) is 0. The minimum absolute atomic E-state index is 0.0562. The van der Waals surface area contributed by atoms with Gasteiger partial charge in [-0.05, 0) is 56.2 Å². The van der Waals surface area contributed by atoms with Gasteiger partial charge in [0.25, 0.3) is 5.91 Å². The van der Waals surface area contributed by atoms with Crippen LogP contribution in [-0.4, -0.2) is 17.7 Å². The number of amides is 3. The summed E-state index contributed by atoms with van der Waals surface area (Å²) >= 11 is 5.95. The summed E-state index contributed by atoms with van der Waals surface area (Å²) in [6.45, 7) is 1.92. The fourth-order valence-electron chi connectivity index (χ4n) is 4.07. The Hall–Kier alpha value is -3.13. The Morgan fingerprint density at radius 2 is 1.81 bits per heavy atom. The van der Waals surface area contributed by atoms with Gasteiger partial charge in [-0.3, -0.25) is 19.3 Å². The van der Waals surface area contributed by atoms with Crippen molar-refractivity contribution in [1.29, 1.82) is 0 Å². The number of benzene rings is 2. The van der Waals surface area contributed by atoms with Crippen molar-refractivity contribution in [2.75, 3.05) is 10.2 Å². The van der Waals surface area contributed by atoms with E-state index in [-0.39, 0.29) is 33.8 Å². The average molecular weight is 463 g/mol. The Morgan fingerprint density at radius 3 is 2.53 bits per heavy atom. The maximum Gasteiger partial charge on any atom is 0.416 e. The zero-order valence-electron chi connectivity index (χ0n) is 16.9. The lowest BCUT2D eigenvalue weighted by molar-refractivity contribution is -0.137. The van der Waals surface area contributed by atoms with Crippen LogP contribution in [0.5, 0.6) is 0 Å². The molecular formula is C23H18ClF3N2O3. The van der Waals surface area contributed by atoms with Crippen LogP contribution in [0.15, 0.2) is 54.1 Å². The molecule has 0 spiro atoms. The quantitative estimate of drug-likeness (QED) is 0.486. The summed E-state index contributed by atoms with van der Waals surface area (Å²) in [5.74, 6) is -2.20. The molecule has 1 heterocycles. The summed E-state index contributed by atoms with van der Waals surface area (Å²) in [5.41, 5.74) is 0.222. The molecule has 1 aliphatic heterocycles. The molecule has 2 atom stereocenters. The number of nitrogens with one attached hydrogen (secondary N) is 1. The molecule has 2 aromatic carbocycles. The summed E-state index contributed by atoms with van der Waals surface area (Å²) in [4.78, 5) is 39.6. The van der Waals surface area contributed by atoms with Crippen LogP contribution < -0.4 is 10.2 Å². The molecule has 5 nitrogen and oxygen atoms in total. The lowest BCUT2D eigenvalue weighted by Crippen LogP contribution is -2.31. The summed E-state index contributed by atoms with van der Waals surface area (Å²) in [6, 6.07) is 8.46. The standard InChI is InChI=1S/C23H18ClF3N2O3/c1-12-5-7-16-17(9-12)22(32)29(21(16)31)15-4-2-3-13(10-15)20(30)28-19-11-14(23(25,26)27)6-8-18(19)24/h2-6,8,10-11,16-17H,7,9H2,1H3,(H,28,30)/t16-,17+/m0/s1. The second-order valence-corrected chi connectivity index (χ2v) is 8.32. The third-order valence-corrected chi connectivity index (χ3v) is 6.06. The maximum absolute atomic E-state index is 13.0. The third-order valence-electron chi connectivity index (χ3n) is 5.73. The molecule has 0 unspecified atom stereocenters. The molecule has 32 heavy (non-hydrogen) atoms. The molecule has 4 rings (SSSR count). The highest BCUT2D eigenvalue weighted by molar-refractivity contribution is 6.34. The van der Waals surface area contributed by atoms with Crippen molar-refractivity contribution in [3.05, 3.63) is 70.3 Å². The molecule has 1 saturated heterocycles. The largest absolute Gasteiger partial charge is 0.416 e. The highest BCUT2D eigenvalue weighted by Gasteiger charge is 2.48. The van der Waals surface area contributed by atoms with Gasteiger partial charge < -0.3 is 5.32 Å². The molecule has 1 aliphatic carbocycles. The number of imide groups is 1. The van der Waals surface area contributed by atoms with Crippen molar-refractivity contribution in [3.8, 4) is 0 Å². The number of carbonyl (C=O) groups is 3. The molecule has 166 valence electrons. The Bertz CT molecular complexity index is 1160. The Kier molecular flexibility index (Phi) is 5.58. The van der Waals surface area contributed by atoms with Crippen LogP contribution in [0.3, 0.4) is 0 Å². The first-order chi connectivity index (χ1) is 15.1. The van der Waals surface area contributed by atoms with E-state index in [0.717, 1.165) is 28.7 Å². The van der Waals surface area contributed by atoms with E-state index in [4.69, 9.17) is 11.6 Å². The summed E-state index contributed by atoms with van der Waals surface area (Å²) in [6.07, 6.45) is -1.63. The van der Waals surface area contributed by atoms with Crippen LogP contribution in [0.25, 0.3) is 0 Å². The van der Waals surface area contributed by atoms with Gasteiger partial charge >= 0.3 is 6.18 Å². The molecule has 3 amide bonds. The van der Waals surface area contributed by atoms with Gasteiger partial charge in [0.05, 0.1) is 33.8 Å². The van der Waals surface area contributed by atoms with Crippen molar-refractivity contribution in [2.24, 2.45) is 11.8 Å². The fraction of sp³-hybridized carbons (Fsp3) is 0.261. The molecule has 0 radical (unpaired) electrons. The monoisotopic (exact) mass is 462 g/mol. The van der Waals surface area contributed by atoms with Crippen LogP contribution in [0, 0.1) is 11.8 Å². The SMILES string of the molecule is CC1=CC[C@@H]2C(=O)N(c3cccc(C(=O)Nc4cc(C(F)(F)F)ccc4Cl)c3)C(=O)[C@@H]2C1. The van der Waals surface area contributed by atoms with Crippen LogP contribution in [0.2, 0.25) is 5.02 Å². The molecule has 0 bridgehead atoms. The molecule has 0 aromatic heterocycles. The number of halogens is 4. The number of allylic oxidation sites excluding steroid dienone is 2. The first-order valence-electron chi connectivity index (χ1n) is 9.88. The number of rotatable bonds is 3. The Morgan fingerprint density at radius 1 is 1.09 bits per heavy atom. The van der Waals surface area contributed by atoms with Gasteiger partial charge in [-0.2, -0.15) is 13.2 Å². The van der Waals surface area contributed by atoms with Gasteiger partial charge in [0.15, 0.2) is 0 Å². The van der Waals surface area contributed by atoms with Crippen LogP contribution in [-0.2, 0) is 15.8 Å². The van der Waals surface area contributed by atoms with Crippen molar-refractivity contribution >= 4 is 40.7 Å². The van der Waals surface area contributed by atoms with E-state index in [2.05, 4.69) is 5.32 Å². The predicted molar refractivity (Wildman–Crippen MR) is 113 cm³/mol. The van der Waals surface area contributed by atoms with E-state index in [1.54, 1.807) is 6.07 Å². The van der Waals surface area contributed by atoms with Crippen molar-refractivity contribution in [1.82, 2.24) is 0 Å². The zero-order chi connectivity index (χ0) is 23.2.